The maximum atomic E-state index is 11.3. The van der Waals surface area contributed by atoms with Crippen molar-refractivity contribution in [2.45, 2.75) is 69.2 Å². The van der Waals surface area contributed by atoms with Gasteiger partial charge in [-0.3, -0.25) is 4.79 Å². The van der Waals surface area contributed by atoms with Crippen LogP contribution in [0.2, 0.25) is 0 Å². The largest absolute Gasteiger partial charge is 0.481 e. The Balaban J connectivity index is 1.72. The number of aromatic nitrogens is 5. The van der Waals surface area contributed by atoms with Crippen LogP contribution in [0.25, 0.3) is 11.2 Å². The molecule has 4 rings (SSSR count). The molecule has 28 heavy (non-hydrogen) atoms. The van der Waals surface area contributed by atoms with Crippen LogP contribution in [0.4, 0.5) is 5.82 Å². The van der Waals surface area contributed by atoms with Crippen LogP contribution in [0.5, 0.6) is 0 Å². The second-order valence-corrected chi connectivity index (χ2v) is 8.73. The lowest BCUT2D eigenvalue weighted by Crippen LogP contribution is -2.28. The first-order valence-electron chi connectivity index (χ1n) is 9.37. The van der Waals surface area contributed by atoms with E-state index in [1.807, 2.05) is 13.8 Å². The van der Waals surface area contributed by atoms with E-state index in [9.17, 15) is 9.90 Å². The third-order valence-corrected chi connectivity index (χ3v) is 6.12. The predicted octanol–water partition coefficient (Wildman–Crippen LogP) is 1.86. The number of thioether (sulfide) groups is 1. The lowest BCUT2D eigenvalue weighted by atomic mass is 10.0. The zero-order valence-electron chi connectivity index (χ0n) is 16.0. The number of nitrogen functional groups attached to an aromatic ring is 1. The molecule has 4 atom stereocenters. The first-order valence-corrected chi connectivity index (χ1v) is 10.4. The average Bonchev–Trinajstić information content (AvgIpc) is 3.25. The van der Waals surface area contributed by atoms with Crippen molar-refractivity contribution >= 4 is 34.7 Å². The van der Waals surface area contributed by atoms with Gasteiger partial charge in [0.05, 0.1) is 18.6 Å². The molecule has 0 spiro atoms. The normalized spacial score (nSPS) is 28.7. The van der Waals surface area contributed by atoms with Crippen LogP contribution in [0.15, 0.2) is 5.16 Å². The SMILES string of the molecule is CCCSc1nc(N)c2nnn([C@@H]3C[C@H](CC(=O)O)[C@H]4OC(C)(C)O[C@H]43)c2n1. The predicted molar refractivity (Wildman–Crippen MR) is 102 cm³/mol. The van der Waals surface area contributed by atoms with Gasteiger partial charge in [-0.25, -0.2) is 14.6 Å². The monoisotopic (exact) mass is 408 g/mol. The van der Waals surface area contributed by atoms with Crippen molar-refractivity contribution in [1.29, 1.82) is 0 Å². The molecule has 152 valence electrons. The van der Waals surface area contributed by atoms with Crippen LogP contribution in [0, 0.1) is 5.92 Å². The van der Waals surface area contributed by atoms with Gasteiger partial charge in [0, 0.05) is 11.7 Å². The summed E-state index contributed by atoms with van der Waals surface area (Å²) in [7, 11) is 0. The van der Waals surface area contributed by atoms with Gasteiger partial charge in [0.15, 0.2) is 27.9 Å². The van der Waals surface area contributed by atoms with Gasteiger partial charge in [0.25, 0.3) is 0 Å². The molecular weight excluding hydrogens is 384 g/mol. The molecule has 0 radical (unpaired) electrons. The molecule has 2 fully saturated rings. The summed E-state index contributed by atoms with van der Waals surface area (Å²) in [6.07, 6.45) is 0.916. The van der Waals surface area contributed by atoms with Gasteiger partial charge in [0.1, 0.15) is 6.10 Å². The van der Waals surface area contributed by atoms with Crippen molar-refractivity contribution in [3.05, 3.63) is 0 Å². The number of carbonyl (C=O) groups is 1. The molecule has 1 aliphatic carbocycles. The molecule has 1 aliphatic heterocycles. The molecular formula is C17H24N6O4S. The first kappa shape index (κ1) is 19.3. The number of ether oxygens (including phenoxy) is 2. The first-order chi connectivity index (χ1) is 13.3. The van der Waals surface area contributed by atoms with Gasteiger partial charge >= 0.3 is 5.97 Å². The summed E-state index contributed by atoms with van der Waals surface area (Å²) in [6.45, 7) is 5.75. The van der Waals surface area contributed by atoms with Crippen LogP contribution < -0.4 is 5.73 Å². The summed E-state index contributed by atoms with van der Waals surface area (Å²) in [6, 6.07) is -0.237. The minimum Gasteiger partial charge on any atom is -0.481 e. The zero-order valence-corrected chi connectivity index (χ0v) is 16.8. The molecule has 0 unspecified atom stereocenters. The van der Waals surface area contributed by atoms with Crippen LogP contribution >= 0.6 is 11.8 Å². The Morgan fingerprint density at radius 3 is 2.82 bits per heavy atom. The van der Waals surface area contributed by atoms with E-state index in [1.165, 1.54) is 11.8 Å². The van der Waals surface area contributed by atoms with E-state index in [2.05, 4.69) is 27.2 Å². The zero-order chi connectivity index (χ0) is 20.1. The molecule has 3 heterocycles. The fourth-order valence-corrected chi connectivity index (χ4v) is 4.73. The Morgan fingerprint density at radius 1 is 1.36 bits per heavy atom. The quantitative estimate of drug-likeness (QED) is 0.538. The smallest absolute Gasteiger partial charge is 0.303 e. The molecule has 0 amide bonds. The number of fused-ring (bicyclic) bond motifs is 2. The molecule has 11 heteroatoms. The number of aliphatic carboxylic acids is 1. The van der Waals surface area contributed by atoms with E-state index in [0.717, 1.165) is 12.2 Å². The van der Waals surface area contributed by atoms with Gasteiger partial charge < -0.3 is 20.3 Å². The number of carboxylic acids is 1. The molecule has 2 aromatic rings. The molecule has 1 saturated heterocycles. The minimum atomic E-state index is -0.856. The summed E-state index contributed by atoms with van der Waals surface area (Å²) in [4.78, 5) is 20.2. The summed E-state index contributed by atoms with van der Waals surface area (Å²) >= 11 is 1.53. The second kappa shape index (κ2) is 7.12. The number of nitrogens with two attached hydrogens (primary N) is 1. The maximum Gasteiger partial charge on any atom is 0.303 e. The molecule has 0 aromatic carbocycles. The van der Waals surface area contributed by atoms with Crippen molar-refractivity contribution in [2.75, 3.05) is 11.5 Å². The Kier molecular flexibility index (Phi) is 4.92. The summed E-state index contributed by atoms with van der Waals surface area (Å²) in [5, 5.41) is 18.3. The fourth-order valence-electron chi connectivity index (χ4n) is 4.03. The molecule has 2 aromatic heterocycles. The molecule has 1 saturated carbocycles. The van der Waals surface area contributed by atoms with Gasteiger partial charge in [-0.2, -0.15) is 0 Å². The van der Waals surface area contributed by atoms with Gasteiger partial charge in [0.2, 0.25) is 0 Å². The maximum absolute atomic E-state index is 11.3. The van der Waals surface area contributed by atoms with Crippen molar-refractivity contribution in [1.82, 2.24) is 25.0 Å². The van der Waals surface area contributed by atoms with E-state index in [4.69, 9.17) is 15.2 Å². The van der Waals surface area contributed by atoms with Crippen molar-refractivity contribution in [2.24, 2.45) is 5.92 Å². The van der Waals surface area contributed by atoms with Gasteiger partial charge in [-0.15, -0.1) is 5.10 Å². The fraction of sp³-hybridized carbons (Fsp3) is 0.706. The minimum absolute atomic E-state index is 0.0124. The third-order valence-electron chi connectivity index (χ3n) is 5.07. The highest BCUT2D eigenvalue weighted by Gasteiger charge is 2.55. The lowest BCUT2D eigenvalue weighted by Gasteiger charge is -2.23. The Bertz CT molecular complexity index is 903. The van der Waals surface area contributed by atoms with Crippen LogP contribution in [-0.4, -0.2) is 59.8 Å². The average molecular weight is 408 g/mol. The van der Waals surface area contributed by atoms with Crippen molar-refractivity contribution < 1.29 is 19.4 Å². The van der Waals surface area contributed by atoms with E-state index in [0.29, 0.717) is 22.7 Å². The van der Waals surface area contributed by atoms with Crippen LogP contribution in [-0.2, 0) is 14.3 Å². The third kappa shape index (κ3) is 3.42. The van der Waals surface area contributed by atoms with Crippen molar-refractivity contribution in [3.63, 3.8) is 0 Å². The number of hydrogen-bond donors (Lipinski definition) is 2. The highest BCUT2D eigenvalue weighted by molar-refractivity contribution is 7.99. The van der Waals surface area contributed by atoms with E-state index in [-0.39, 0.29) is 36.4 Å². The van der Waals surface area contributed by atoms with E-state index >= 15 is 0 Å². The van der Waals surface area contributed by atoms with Gasteiger partial charge in [-0.1, -0.05) is 23.9 Å². The Hall–Kier alpha value is -1.98. The van der Waals surface area contributed by atoms with Crippen LogP contribution in [0.1, 0.15) is 46.1 Å². The number of rotatable bonds is 6. The van der Waals surface area contributed by atoms with E-state index < -0.39 is 11.8 Å². The molecule has 10 nitrogen and oxygen atoms in total. The number of carboxylic acid groups (broad SMARTS) is 1. The second-order valence-electron chi connectivity index (χ2n) is 7.67. The summed E-state index contributed by atoms with van der Waals surface area (Å²) in [5.74, 6) is -0.646. The highest BCUT2D eigenvalue weighted by Crippen LogP contribution is 2.48. The number of hydrogen-bond acceptors (Lipinski definition) is 9. The van der Waals surface area contributed by atoms with Gasteiger partial charge in [-0.05, 0) is 26.7 Å². The standard InChI is InChI=1S/C17H24N6O4S/c1-4-5-28-16-19-14(18)11-15(20-16)23(22-21-11)9-6-8(7-10(24)25)12-13(9)27-17(2,3)26-12/h8-9,12-13H,4-7H2,1-3H3,(H,24,25)(H2,18,19,20)/t8-,9-,12-,13+/m1/s1. The number of anilines is 1. The van der Waals surface area contributed by atoms with Crippen LogP contribution in [0.3, 0.4) is 0 Å². The highest BCUT2D eigenvalue weighted by atomic mass is 32.2. The van der Waals surface area contributed by atoms with Crippen molar-refractivity contribution in [3.8, 4) is 0 Å². The summed E-state index contributed by atoms with van der Waals surface area (Å²) in [5.41, 5.74) is 7.05. The van der Waals surface area contributed by atoms with E-state index in [1.54, 1.807) is 4.68 Å². The Labute approximate surface area is 166 Å². The topological polar surface area (TPSA) is 138 Å². The molecule has 0 bridgehead atoms. The Morgan fingerprint density at radius 2 is 2.11 bits per heavy atom. The molecule has 3 N–H and O–H groups in total. The number of nitrogens with zero attached hydrogens (tertiary/aromatic N) is 5. The molecule has 2 aliphatic rings. The lowest BCUT2D eigenvalue weighted by molar-refractivity contribution is -0.163. The summed E-state index contributed by atoms with van der Waals surface area (Å²) < 4.78 is 13.8.